The van der Waals surface area contributed by atoms with Crippen LogP contribution in [-0.2, 0) is 16.3 Å². The number of halogens is 1. The standard InChI is InChI=1S/C22H18ClN3O4S/c1-30-17-5-8-19(23)21(11-17)31(28,29)18-6-2-14(3-7-18)4-9-20(27)15-10-16-13-25-26-22(16)24-12-15/h2-3,5-8,10-13H,4,9H2,1H3,(H,24,25,26). The lowest BCUT2D eigenvalue weighted by molar-refractivity contribution is 0.0982. The molecule has 0 aliphatic rings. The molecule has 0 spiro atoms. The van der Waals surface area contributed by atoms with Gasteiger partial charge in [-0.2, -0.15) is 5.10 Å². The first-order chi connectivity index (χ1) is 14.9. The number of benzene rings is 2. The van der Waals surface area contributed by atoms with Crippen LogP contribution in [0.1, 0.15) is 22.3 Å². The van der Waals surface area contributed by atoms with Gasteiger partial charge in [0.05, 0.1) is 28.1 Å². The van der Waals surface area contributed by atoms with Crippen LogP contribution in [0, 0.1) is 0 Å². The first-order valence-corrected chi connectivity index (χ1v) is 11.2. The number of ether oxygens (including phenoxy) is 1. The van der Waals surface area contributed by atoms with E-state index in [9.17, 15) is 13.2 Å². The number of ketones is 1. The highest BCUT2D eigenvalue weighted by Gasteiger charge is 2.21. The number of aromatic nitrogens is 3. The Morgan fingerprint density at radius 3 is 2.61 bits per heavy atom. The van der Waals surface area contributed by atoms with Crippen LogP contribution in [0.15, 0.2) is 70.7 Å². The molecule has 1 N–H and O–H groups in total. The summed E-state index contributed by atoms with van der Waals surface area (Å²) in [6.07, 6.45) is 3.89. The lowest BCUT2D eigenvalue weighted by Crippen LogP contribution is -2.04. The van der Waals surface area contributed by atoms with Crippen LogP contribution in [0.4, 0.5) is 0 Å². The second-order valence-corrected chi connectivity index (χ2v) is 9.22. The maximum atomic E-state index is 13.0. The van der Waals surface area contributed by atoms with E-state index < -0.39 is 9.84 Å². The Balaban J connectivity index is 1.48. The molecule has 0 fully saturated rings. The number of nitrogens with one attached hydrogen (secondary N) is 1. The number of aryl methyl sites for hydroxylation is 1. The van der Waals surface area contributed by atoms with Crippen LogP contribution in [-0.4, -0.2) is 36.5 Å². The monoisotopic (exact) mass is 455 g/mol. The van der Waals surface area contributed by atoms with Crippen LogP contribution in [0.25, 0.3) is 11.0 Å². The van der Waals surface area contributed by atoms with Gasteiger partial charge in [-0.25, -0.2) is 13.4 Å². The number of methoxy groups -OCH3 is 1. The molecule has 7 nitrogen and oxygen atoms in total. The average molecular weight is 456 g/mol. The van der Waals surface area contributed by atoms with Crippen molar-refractivity contribution >= 4 is 38.3 Å². The third-order valence-corrected chi connectivity index (χ3v) is 7.17. The number of sulfone groups is 1. The number of aromatic amines is 1. The number of carbonyl (C=O) groups excluding carboxylic acids is 1. The zero-order chi connectivity index (χ0) is 22.0. The van der Waals surface area contributed by atoms with E-state index in [0.717, 1.165) is 10.9 Å². The fraction of sp³-hybridized carbons (Fsp3) is 0.136. The van der Waals surface area contributed by atoms with Crippen molar-refractivity contribution in [2.24, 2.45) is 0 Å². The van der Waals surface area contributed by atoms with Gasteiger partial charge in [0.2, 0.25) is 9.84 Å². The van der Waals surface area contributed by atoms with Crippen LogP contribution in [0.5, 0.6) is 5.75 Å². The molecule has 0 atom stereocenters. The summed E-state index contributed by atoms with van der Waals surface area (Å²) >= 11 is 6.11. The number of pyridine rings is 1. The Morgan fingerprint density at radius 1 is 1.10 bits per heavy atom. The Bertz CT molecular complexity index is 1370. The van der Waals surface area contributed by atoms with E-state index in [0.29, 0.717) is 23.4 Å². The van der Waals surface area contributed by atoms with Gasteiger partial charge in [-0.1, -0.05) is 23.7 Å². The number of rotatable bonds is 7. The number of hydrogen-bond acceptors (Lipinski definition) is 6. The maximum Gasteiger partial charge on any atom is 0.208 e. The molecule has 0 radical (unpaired) electrons. The molecule has 0 saturated heterocycles. The molecule has 4 rings (SSSR count). The van der Waals surface area contributed by atoms with Crippen molar-refractivity contribution < 1.29 is 17.9 Å². The van der Waals surface area contributed by atoms with Crippen molar-refractivity contribution in [3.63, 3.8) is 0 Å². The van der Waals surface area contributed by atoms with Crippen LogP contribution < -0.4 is 4.74 Å². The van der Waals surface area contributed by atoms with E-state index in [2.05, 4.69) is 15.2 Å². The third-order valence-electron chi connectivity index (χ3n) is 4.92. The molecule has 2 heterocycles. The summed E-state index contributed by atoms with van der Waals surface area (Å²) in [7, 11) is -2.35. The van der Waals surface area contributed by atoms with Gasteiger partial charge in [-0.05, 0) is 42.3 Å². The number of hydrogen-bond donors (Lipinski definition) is 1. The van der Waals surface area contributed by atoms with E-state index >= 15 is 0 Å². The van der Waals surface area contributed by atoms with Crippen molar-refractivity contribution in [1.29, 1.82) is 0 Å². The molecule has 0 bridgehead atoms. The Kier molecular flexibility index (Phi) is 5.75. The first kappa shape index (κ1) is 21.0. The molecule has 0 saturated carbocycles. The van der Waals surface area contributed by atoms with Crippen LogP contribution >= 0.6 is 11.6 Å². The van der Waals surface area contributed by atoms with Crippen molar-refractivity contribution in [3.8, 4) is 5.75 Å². The number of nitrogens with zero attached hydrogens (tertiary/aromatic N) is 2. The zero-order valence-corrected chi connectivity index (χ0v) is 18.1. The quantitative estimate of drug-likeness (QED) is 0.417. The molecule has 0 amide bonds. The highest BCUT2D eigenvalue weighted by molar-refractivity contribution is 7.91. The summed E-state index contributed by atoms with van der Waals surface area (Å²) in [6, 6.07) is 12.7. The predicted octanol–water partition coefficient (Wildman–Crippen LogP) is 4.27. The molecule has 158 valence electrons. The smallest absolute Gasteiger partial charge is 0.208 e. The second-order valence-electron chi connectivity index (χ2n) is 6.90. The van der Waals surface area contributed by atoms with Gasteiger partial charge in [0, 0.05) is 29.6 Å². The first-order valence-electron chi connectivity index (χ1n) is 9.38. The van der Waals surface area contributed by atoms with Gasteiger partial charge in [0.1, 0.15) is 5.75 Å². The van der Waals surface area contributed by atoms with E-state index in [1.807, 2.05) is 0 Å². The summed E-state index contributed by atoms with van der Waals surface area (Å²) in [6.45, 7) is 0. The number of Topliss-reactive ketones (excluding diaryl/α,β-unsaturated/α-hetero) is 1. The van der Waals surface area contributed by atoms with E-state index in [1.165, 1.54) is 37.6 Å². The molecule has 9 heteroatoms. The molecule has 31 heavy (non-hydrogen) atoms. The molecular formula is C22H18ClN3O4S. The van der Waals surface area contributed by atoms with Crippen molar-refractivity contribution in [3.05, 3.63) is 77.1 Å². The van der Waals surface area contributed by atoms with Gasteiger partial charge >= 0.3 is 0 Å². The largest absolute Gasteiger partial charge is 0.497 e. The predicted molar refractivity (Wildman–Crippen MR) is 116 cm³/mol. The summed E-state index contributed by atoms with van der Waals surface area (Å²) in [5.74, 6) is 0.358. The van der Waals surface area contributed by atoms with Gasteiger partial charge in [0.15, 0.2) is 11.4 Å². The normalized spacial score (nSPS) is 11.5. The topological polar surface area (TPSA) is 102 Å². The highest BCUT2D eigenvalue weighted by atomic mass is 35.5. The van der Waals surface area contributed by atoms with Crippen molar-refractivity contribution in [1.82, 2.24) is 15.2 Å². The van der Waals surface area contributed by atoms with E-state index in [-0.39, 0.29) is 27.0 Å². The lowest BCUT2D eigenvalue weighted by Gasteiger charge is -2.09. The Morgan fingerprint density at radius 2 is 1.87 bits per heavy atom. The van der Waals surface area contributed by atoms with Gasteiger partial charge in [0.25, 0.3) is 0 Å². The number of H-pyrrole nitrogens is 1. The summed E-state index contributed by atoms with van der Waals surface area (Å²) in [5, 5.41) is 7.54. The zero-order valence-electron chi connectivity index (χ0n) is 16.5. The van der Waals surface area contributed by atoms with Crippen molar-refractivity contribution in [2.45, 2.75) is 22.6 Å². The van der Waals surface area contributed by atoms with Gasteiger partial charge < -0.3 is 4.74 Å². The summed E-state index contributed by atoms with van der Waals surface area (Å²) in [5.41, 5.74) is 1.99. The van der Waals surface area contributed by atoms with E-state index in [1.54, 1.807) is 30.5 Å². The molecule has 2 aromatic heterocycles. The Labute approximate surface area is 184 Å². The minimum absolute atomic E-state index is 0.0152. The lowest BCUT2D eigenvalue weighted by atomic mass is 10.0. The maximum absolute atomic E-state index is 13.0. The molecule has 4 aromatic rings. The third kappa shape index (κ3) is 4.30. The average Bonchev–Trinajstić information content (AvgIpc) is 3.26. The minimum atomic E-state index is -3.80. The summed E-state index contributed by atoms with van der Waals surface area (Å²) in [4.78, 5) is 16.8. The SMILES string of the molecule is COc1ccc(Cl)c(S(=O)(=O)c2ccc(CCC(=O)c3cnc4[nH]ncc4c3)cc2)c1. The fourth-order valence-electron chi connectivity index (χ4n) is 3.17. The summed E-state index contributed by atoms with van der Waals surface area (Å²) < 4.78 is 31.0. The molecule has 0 aliphatic carbocycles. The van der Waals surface area contributed by atoms with Crippen molar-refractivity contribution in [2.75, 3.05) is 7.11 Å². The fourth-order valence-corrected chi connectivity index (χ4v) is 4.94. The van der Waals surface area contributed by atoms with Crippen LogP contribution in [0.2, 0.25) is 5.02 Å². The molecule has 0 unspecified atom stereocenters. The highest BCUT2D eigenvalue weighted by Crippen LogP contribution is 2.31. The van der Waals surface area contributed by atoms with E-state index in [4.69, 9.17) is 16.3 Å². The number of carbonyl (C=O) groups is 1. The van der Waals surface area contributed by atoms with Gasteiger partial charge in [-0.15, -0.1) is 0 Å². The molecule has 0 aliphatic heterocycles. The molecule has 2 aromatic carbocycles. The second kappa shape index (κ2) is 8.49. The minimum Gasteiger partial charge on any atom is -0.497 e. The number of fused-ring (bicyclic) bond motifs is 1. The van der Waals surface area contributed by atoms with Gasteiger partial charge in [-0.3, -0.25) is 9.89 Å². The Hall–Kier alpha value is -3.23. The van der Waals surface area contributed by atoms with Crippen LogP contribution in [0.3, 0.4) is 0 Å². The molecular weight excluding hydrogens is 438 g/mol.